The van der Waals surface area contributed by atoms with Gasteiger partial charge in [0.15, 0.2) is 26.4 Å². The van der Waals surface area contributed by atoms with Crippen molar-refractivity contribution in [2.24, 2.45) is 42.3 Å². The highest BCUT2D eigenvalue weighted by Crippen LogP contribution is 2.61. The van der Waals surface area contributed by atoms with Crippen molar-refractivity contribution in [2.75, 3.05) is 16.4 Å². The van der Waals surface area contributed by atoms with Crippen molar-refractivity contribution in [3.05, 3.63) is 236 Å². The van der Waals surface area contributed by atoms with Crippen molar-refractivity contribution in [1.82, 2.24) is 89.3 Å². The molecule has 0 spiro atoms. The van der Waals surface area contributed by atoms with E-state index < -0.39 is 5.20 Å². The molecular formula is C78H71Cl4I3N21O6P. The SMILES string of the molecule is C#CC.CC#Cc1c(-c2ccccc2)nn(C)c1NC(C)=O.CC(=O)Nc1c(I)c(-c2ccccc2)nn1C.CC(=O)c1c(-c2ccccc2)nn(C)c1N.Cn1nc(-c2ccccc2)c2c(=O)c(I)n[nH]c21.Cn1nc(-c2ccccc2)c2c(=O)cn[nH]c21.Cn1nc(-c2ccccc2)c2c(Cl)c(I)nnc21.O=P(Cl)(Cl)Cl. The summed E-state index contributed by atoms with van der Waals surface area (Å²) in [7, 11) is 10.8. The average molecular weight is 1950 g/mol. The van der Waals surface area contributed by atoms with Crippen LogP contribution >= 0.6 is 118 Å². The molecule has 15 aromatic rings. The van der Waals surface area contributed by atoms with E-state index in [0.717, 1.165) is 70.8 Å². The Morgan fingerprint density at radius 2 is 0.858 bits per heavy atom. The Bertz CT molecular complexity index is 6130. The summed E-state index contributed by atoms with van der Waals surface area (Å²) in [5, 5.41) is 52.9. The third-order valence-electron chi connectivity index (χ3n) is 15.6. The van der Waals surface area contributed by atoms with Crippen LogP contribution in [0.1, 0.15) is 50.5 Å². The molecule has 0 aliphatic rings. The Morgan fingerprint density at radius 3 is 1.30 bits per heavy atom. The molecule has 35 heteroatoms. The zero-order chi connectivity index (χ0) is 82.4. The molecule has 0 fully saturated rings. The Morgan fingerprint density at radius 1 is 0.496 bits per heavy atom. The highest BCUT2D eigenvalue weighted by Gasteiger charge is 2.23. The van der Waals surface area contributed by atoms with Crippen LogP contribution in [0.4, 0.5) is 17.5 Å². The first-order valence-corrected chi connectivity index (χ1v) is 41.5. The predicted octanol–water partition coefficient (Wildman–Crippen LogP) is 16.9. The minimum absolute atomic E-state index is 0.0653. The van der Waals surface area contributed by atoms with Gasteiger partial charge in [-0.1, -0.05) is 200 Å². The third-order valence-corrected chi connectivity index (χ3v) is 18.8. The number of amides is 2. The Balaban J connectivity index is 0.000000167. The van der Waals surface area contributed by atoms with Crippen LogP contribution in [-0.2, 0) is 56.4 Å². The molecule has 0 aliphatic heterocycles. The Labute approximate surface area is 708 Å². The maximum atomic E-state index is 12.2. The highest BCUT2D eigenvalue weighted by atomic mass is 127. The summed E-state index contributed by atoms with van der Waals surface area (Å²) in [6, 6.07) is 58.5. The molecule has 6 aromatic carbocycles. The normalized spacial score (nSPS) is 10.4. The van der Waals surface area contributed by atoms with Gasteiger partial charge in [0.1, 0.15) is 55.3 Å². The summed E-state index contributed by atoms with van der Waals surface area (Å²) >= 11 is 26.4. The summed E-state index contributed by atoms with van der Waals surface area (Å²) in [5.74, 6) is 9.61. The lowest BCUT2D eigenvalue weighted by Crippen LogP contribution is -2.10. The number of carbonyl (C=O) groups excluding carboxylic acids is 3. The summed E-state index contributed by atoms with van der Waals surface area (Å²) in [4.78, 5) is 58.0. The van der Waals surface area contributed by atoms with Crippen molar-refractivity contribution >= 4 is 186 Å². The Hall–Kier alpha value is -10.7. The number of halogens is 7. The van der Waals surface area contributed by atoms with Crippen LogP contribution < -0.4 is 27.2 Å². The third kappa shape index (κ3) is 23.0. The maximum absolute atomic E-state index is 12.2. The van der Waals surface area contributed by atoms with Crippen molar-refractivity contribution in [1.29, 1.82) is 0 Å². The number of benzene rings is 6. The van der Waals surface area contributed by atoms with Gasteiger partial charge in [-0.15, -0.1) is 28.5 Å². The number of nitrogens with one attached hydrogen (secondary N) is 4. The molecule has 0 unspecified atom stereocenters. The molecule has 0 radical (unpaired) electrons. The van der Waals surface area contributed by atoms with E-state index in [2.05, 4.69) is 175 Å². The molecular weight excluding hydrogens is 1880 g/mol. The number of anilines is 3. The number of nitrogens with two attached hydrogens (primary N) is 1. The van der Waals surface area contributed by atoms with Gasteiger partial charge < -0.3 is 16.4 Å². The minimum Gasteiger partial charge on any atom is -0.383 e. The first-order chi connectivity index (χ1) is 53.9. The molecule has 0 saturated heterocycles. The fourth-order valence-corrected chi connectivity index (χ4v) is 12.7. The predicted molar refractivity (Wildman–Crippen MR) is 475 cm³/mol. The van der Waals surface area contributed by atoms with Crippen LogP contribution in [-0.4, -0.2) is 107 Å². The second-order valence-electron chi connectivity index (χ2n) is 23.7. The molecule has 0 atom stereocenters. The smallest absolute Gasteiger partial charge is 0.339 e. The molecule has 0 aliphatic carbocycles. The second kappa shape index (κ2) is 41.2. The number of aromatic amines is 2. The van der Waals surface area contributed by atoms with Crippen LogP contribution in [0.3, 0.4) is 0 Å². The van der Waals surface area contributed by atoms with E-state index >= 15 is 0 Å². The molecule has 2 amide bonds. The quantitative estimate of drug-likeness (QED) is 0.0388. The summed E-state index contributed by atoms with van der Waals surface area (Å²) in [6.07, 6.45) is 5.87. The zero-order valence-corrected chi connectivity index (χ0v) is 72.6. The summed E-state index contributed by atoms with van der Waals surface area (Å²) in [5.41, 5.74) is 19.1. The average Bonchev–Trinajstić information content (AvgIpc) is 1.66. The van der Waals surface area contributed by atoms with Gasteiger partial charge >= 0.3 is 5.20 Å². The van der Waals surface area contributed by atoms with Gasteiger partial charge in [-0.05, 0) is 122 Å². The molecule has 15 rings (SSSR count). The van der Waals surface area contributed by atoms with E-state index in [1.54, 1.807) is 65.4 Å². The molecule has 578 valence electrons. The molecule has 9 aromatic heterocycles. The lowest BCUT2D eigenvalue weighted by molar-refractivity contribution is -0.115. The molecule has 113 heavy (non-hydrogen) atoms. The van der Waals surface area contributed by atoms with E-state index in [0.29, 0.717) is 74.4 Å². The van der Waals surface area contributed by atoms with E-state index in [-0.39, 0.29) is 28.5 Å². The lowest BCUT2D eigenvalue weighted by Gasteiger charge is -2.02. The summed E-state index contributed by atoms with van der Waals surface area (Å²) in [6.45, 7) is 7.88. The monoisotopic (exact) mass is 1950 g/mol. The number of ketones is 1. The molecule has 0 bridgehead atoms. The zero-order valence-electron chi connectivity index (χ0n) is 62.3. The number of nitrogen functional groups attached to an aromatic ring is 1. The number of terminal acetylenes is 1. The number of rotatable bonds is 9. The van der Waals surface area contributed by atoms with Crippen LogP contribution in [0, 0.1) is 35.2 Å². The van der Waals surface area contributed by atoms with E-state index in [9.17, 15) is 28.5 Å². The number of hydrogen-bond acceptors (Lipinski definition) is 17. The van der Waals surface area contributed by atoms with Crippen LogP contribution in [0.2, 0.25) is 5.02 Å². The van der Waals surface area contributed by atoms with Crippen LogP contribution in [0.25, 0.3) is 101 Å². The molecule has 6 N–H and O–H groups in total. The molecule has 9 heterocycles. The topological polar surface area (TPSA) is 343 Å². The van der Waals surface area contributed by atoms with E-state index in [1.165, 1.54) is 31.6 Å². The first-order valence-electron chi connectivity index (χ1n) is 33.4. The fraction of sp³-hybridized carbons (Fsp3) is 0.141. The van der Waals surface area contributed by atoms with Gasteiger partial charge in [0.2, 0.25) is 22.7 Å². The number of hydrogen-bond donors (Lipinski definition) is 5. The van der Waals surface area contributed by atoms with Gasteiger partial charge in [0.05, 0.1) is 42.1 Å². The largest absolute Gasteiger partial charge is 0.383 e. The van der Waals surface area contributed by atoms with E-state index in [1.807, 2.05) is 219 Å². The maximum Gasteiger partial charge on any atom is 0.339 e. The lowest BCUT2D eigenvalue weighted by atomic mass is 10.1. The van der Waals surface area contributed by atoms with Crippen LogP contribution in [0.15, 0.2) is 198 Å². The van der Waals surface area contributed by atoms with Crippen LogP contribution in [0.5, 0.6) is 0 Å². The standard InChI is InChI=1S/C15H15N3O.C12H8ClIN4.C12H9IN4O.C12H12IN3O.C12H10N4O.C12H13N3O.C3H4.Cl3OP/c1-4-8-13-14(12-9-6-5-7-10-12)17-18(3)15(13)16-11(2)19;1-18-12-8(9(13)11(14)15-16-12)10(17-18)7-5-3-2-4-6-7;1-17-12-8(10(18)11(13)14-15-12)9(16-17)7-5-3-2-4-6-7;1-8(17)14-12-10(13)11(15-16(12)2)9-6-4-3-5-7-9;1-16-12-10(9(17)7-13-14-12)11(15-16)8-5-3-2-4-6-8;1-8(16)10-11(14-15(2)12(10)13)9-6-4-3-5-7-9;1-3-2;1-5(2,3)4/h5-7,9-10H,1-3H3,(H,16,19);2-6H,1H3;2-6H,1H3,(H,15,18);3-7H,1-2H3,(H,14,17);2-7H,1H3,(H,14,17);3-7H,13H2,1-2H3;1H,2H3;. The van der Waals surface area contributed by atoms with Gasteiger partial charge in [-0.3, -0.25) is 62.1 Å². The van der Waals surface area contributed by atoms with Crippen molar-refractivity contribution in [3.8, 4) is 91.7 Å². The number of aromatic nitrogens is 18. The molecule has 0 saturated carbocycles. The number of aryl methyl sites for hydroxylation is 6. The molecule has 27 nitrogen and oxygen atoms in total. The minimum atomic E-state index is -3.22. The van der Waals surface area contributed by atoms with Crippen molar-refractivity contribution in [2.45, 2.75) is 34.6 Å². The summed E-state index contributed by atoms with van der Waals surface area (Å²) < 4.78 is 21.4. The van der Waals surface area contributed by atoms with Gasteiger partial charge in [0.25, 0.3) is 0 Å². The second-order valence-corrected chi connectivity index (χ2v) is 33.8. The fourth-order valence-electron chi connectivity index (χ4n) is 10.8. The first kappa shape index (κ1) is 87.9. The number of carbonyl (C=O) groups is 3. The number of H-pyrrole nitrogens is 2. The Kier molecular flexibility index (Phi) is 32.0. The van der Waals surface area contributed by atoms with Crippen molar-refractivity contribution < 1.29 is 18.9 Å². The van der Waals surface area contributed by atoms with E-state index in [4.69, 9.17) is 17.3 Å². The number of Topliss-reactive ketones (excluding diaryl/α,β-unsaturated/α-hetero) is 1. The van der Waals surface area contributed by atoms with Gasteiger partial charge in [-0.2, -0.15) is 40.8 Å². The van der Waals surface area contributed by atoms with Gasteiger partial charge in [-0.25, -0.2) is 4.68 Å². The number of nitrogens with zero attached hydrogens (tertiary/aromatic N) is 16. The highest BCUT2D eigenvalue weighted by molar-refractivity contribution is 14.1. The number of fused-ring (bicyclic) bond motifs is 3. The van der Waals surface area contributed by atoms with Gasteiger partial charge in [0, 0.05) is 89.5 Å². The van der Waals surface area contributed by atoms with Crippen molar-refractivity contribution in [3.63, 3.8) is 0 Å².